The molecule has 0 aliphatic carbocycles. The molecule has 2 atom stereocenters. The lowest BCUT2D eigenvalue weighted by Crippen LogP contribution is -2.60. The minimum atomic E-state index is -3.02. The van der Waals surface area contributed by atoms with Crippen molar-refractivity contribution in [3.05, 3.63) is 63.6 Å². The summed E-state index contributed by atoms with van der Waals surface area (Å²) in [6, 6.07) is 11.6. The van der Waals surface area contributed by atoms with E-state index in [-0.39, 0.29) is 28.3 Å². The molecule has 166 valence electrons. The molecule has 2 unspecified atom stereocenters. The van der Waals surface area contributed by atoms with Gasteiger partial charge >= 0.3 is 6.61 Å². The minimum absolute atomic E-state index is 0.101. The summed E-state index contributed by atoms with van der Waals surface area (Å²) in [5.74, 6) is -0.533. The number of nitrogens with zero attached hydrogens (tertiary/aromatic N) is 2. The van der Waals surface area contributed by atoms with Gasteiger partial charge in [-0.05, 0) is 42.7 Å². The Bertz CT molecular complexity index is 960. The van der Waals surface area contributed by atoms with Gasteiger partial charge in [0.15, 0.2) is 0 Å². The van der Waals surface area contributed by atoms with Crippen molar-refractivity contribution in [3.63, 3.8) is 0 Å². The Morgan fingerprint density at radius 2 is 1.90 bits per heavy atom. The number of fused-ring (bicyclic) bond motifs is 1. The number of aliphatic hydroxyl groups is 1. The molecule has 2 heterocycles. The van der Waals surface area contributed by atoms with Crippen LogP contribution >= 0.6 is 23.2 Å². The zero-order valence-corrected chi connectivity index (χ0v) is 18.1. The predicted molar refractivity (Wildman–Crippen MR) is 114 cm³/mol. The largest absolute Gasteiger partial charge is 0.433 e. The van der Waals surface area contributed by atoms with Gasteiger partial charge in [0.1, 0.15) is 11.4 Å². The van der Waals surface area contributed by atoms with Gasteiger partial charge in [0.05, 0.1) is 10.6 Å². The van der Waals surface area contributed by atoms with Crippen molar-refractivity contribution in [2.24, 2.45) is 0 Å². The van der Waals surface area contributed by atoms with Gasteiger partial charge in [-0.3, -0.25) is 9.69 Å². The molecule has 1 N–H and O–H groups in total. The summed E-state index contributed by atoms with van der Waals surface area (Å²) in [6.45, 7) is -1.03. The fourth-order valence-corrected chi connectivity index (χ4v) is 4.79. The number of hydrogen-bond donors (Lipinski definition) is 1. The highest BCUT2D eigenvalue weighted by Gasteiger charge is 2.42. The molecular formula is C22H22Cl2F2N2O3. The van der Waals surface area contributed by atoms with E-state index in [1.807, 2.05) is 12.1 Å². The van der Waals surface area contributed by atoms with Gasteiger partial charge in [-0.15, -0.1) is 0 Å². The van der Waals surface area contributed by atoms with Crippen LogP contribution in [0.25, 0.3) is 0 Å². The van der Waals surface area contributed by atoms with Crippen molar-refractivity contribution in [1.29, 1.82) is 0 Å². The lowest BCUT2D eigenvalue weighted by Gasteiger charge is -2.49. The molecule has 0 radical (unpaired) electrons. The average molecular weight is 471 g/mol. The van der Waals surface area contributed by atoms with E-state index in [0.29, 0.717) is 44.0 Å². The van der Waals surface area contributed by atoms with Crippen molar-refractivity contribution in [2.45, 2.75) is 31.1 Å². The first-order valence-electron chi connectivity index (χ1n) is 10.0. The van der Waals surface area contributed by atoms with Crippen LogP contribution in [0, 0.1) is 0 Å². The maximum absolute atomic E-state index is 13.0. The Morgan fingerprint density at radius 3 is 2.61 bits per heavy atom. The lowest BCUT2D eigenvalue weighted by atomic mass is 9.82. The van der Waals surface area contributed by atoms with E-state index in [0.717, 1.165) is 5.56 Å². The molecule has 2 aliphatic heterocycles. The molecule has 2 aromatic rings. The minimum Gasteiger partial charge on any atom is -0.433 e. The molecule has 4 rings (SSSR count). The zero-order valence-electron chi connectivity index (χ0n) is 16.6. The van der Waals surface area contributed by atoms with E-state index < -0.39 is 12.2 Å². The number of alkyl halides is 2. The molecule has 0 bridgehead atoms. The number of rotatable bonds is 4. The lowest BCUT2D eigenvalue weighted by molar-refractivity contribution is -0.0740. The van der Waals surface area contributed by atoms with Crippen LogP contribution in [0.2, 0.25) is 10.0 Å². The molecule has 2 aromatic carbocycles. The van der Waals surface area contributed by atoms with E-state index in [1.165, 1.54) is 18.2 Å². The molecule has 9 heteroatoms. The Morgan fingerprint density at radius 1 is 1.16 bits per heavy atom. The smallest absolute Gasteiger partial charge is 0.387 e. The number of ether oxygens (including phenoxy) is 1. The third kappa shape index (κ3) is 4.65. The van der Waals surface area contributed by atoms with E-state index in [2.05, 4.69) is 9.64 Å². The summed E-state index contributed by atoms with van der Waals surface area (Å²) in [5, 5.41) is 11.7. The highest BCUT2D eigenvalue weighted by atomic mass is 35.5. The Kier molecular flexibility index (Phi) is 6.40. The van der Waals surface area contributed by atoms with Crippen LogP contribution in [0.4, 0.5) is 8.78 Å². The molecule has 0 saturated carbocycles. The molecule has 2 aliphatic rings. The third-order valence-corrected chi connectivity index (χ3v) is 6.68. The molecule has 31 heavy (non-hydrogen) atoms. The number of amides is 1. The molecular weight excluding hydrogens is 449 g/mol. The van der Waals surface area contributed by atoms with Gasteiger partial charge in [0, 0.05) is 37.2 Å². The van der Waals surface area contributed by atoms with Crippen molar-refractivity contribution in [2.75, 3.05) is 26.2 Å². The zero-order chi connectivity index (χ0) is 22.2. The van der Waals surface area contributed by atoms with E-state index in [9.17, 15) is 18.7 Å². The van der Waals surface area contributed by atoms with Crippen molar-refractivity contribution < 1.29 is 23.4 Å². The third-order valence-electron chi connectivity index (χ3n) is 6.04. The number of halogens is 4. The number of carbonyl (C=O) groups excluding carboxylic acids is 1. The molecule has 0 spiro atoms. The SMILES string of the molecule is O=C(c1cccc(OC(F)F)c1Cl)N1CCN2CC(O)(c3ccc(Cl)cc3)CCC2C1. The van der Waals surface area contributed by atoms with Gasteiger partial charge in [-0.2, -0.15) is 8.78 Å². The number of carbonyl (C=O) groups is 1. The normalized spacial score (nSPS) is 24.2. The number of hydrogen-bond acceptors (Lipinski definition) is 4. The van der Waals surface area contributed by atoms with Crippen LogP contribution < -0.4 is 4.74 Å². The van der Waals surface area contributed by atoms with Gasteiger partial charge in [-0.25, -0.2) is 0 Å². The summed E-state index contributed by atoms with van der Waals surface area (Å²) in [5.41, 5.74) is 0.00979. The first kappa shape index (κ1) is 22.3. The first-order chi connectivity index (χ1) is 14.8. The van der Waals surface area contributed by atoms with Crippen LogP contribution in [-0.2, 0) is 5.60 Å². The van der Waals surface area contributed by atoms with Crippen LogP contribution in [0.15, 0.2) is 42.5 Å². The van der Waals surface area contributed by atoms with Crippen LogP contribution in [0.1, 0.15) is 28.8 Å². The maximum atomic E-state index is 13.0. The number of piperazine rings is 1. The topological polar surface area (TPSA) is 53.0 Å². The van der Waals surface area contributed by atoms with Crippen molar-refractivity contribution >= 4 is 29.1 Å². The van der Waals surface area contributed by atoms with Gasteiger partial charge in [-0.1, -0.05) is 41.4 Å². The highest BCUT2D eigenvalue weighted by Crippen LogP contribution is 2.37. The fraction of sp³-hybridized carbons (Fsp3) is 0.409. The van der Waals surface area contributed by atoms with Crippen LogP contribution in [-0.4, -0.2) is 59.6 Å². The summed E-state index contributed by atoms with van der Waals surface area (Å²) in [6.07, 6.45) is 1.28. The van der Waals surface area contributed by atoms with Gasteiger partial charge in [0.25, 0.3) is 5.91 Å². The van der Waals surface area contributed by atoms with Gasteiger partial charge in [0.2, 0.25) is 0 Å². The first-order valence-corrected chi connectivity index (χ1v) is 10.8. The van der Waals surface area contributed by atoms with Crippen LogP contribution in [0.3, 0.4) is 0 Å². The standard InChI is InChI=1S/C22H22Cl2F2N2O3/c23-15-6-4-14(5-7-15)22(30)9-8-16-12-27(10-11-28(16)13-22)20(29)17-2-1-3-18(19(17)24)31-21(25)26/h1-7,16,21,30H,8-13H2. The summed E-state index contributed by atoms with van der Waals surface area (Å²) >= 11 is 12.1. The maximum Gasteiger partial charge on any atom is 0.387 e. The summed E-state index contributed by atoms with van der Waals surface area (Å²) in [7, 11) is 0. The predicted octanol–water partition coefficient (Wildman–Crippen LogP) is 4.40. The molecule has 5 nitrogen and oxygen atoms in total. The van der Waals surface area contributed by atoms with E-state index in [4.69, 9.17) is 23.2 Å². The van der Waals surface area contributed by atoms with E-state index in [1.54, 1.807) is 17.0 Å². The molecule has 0 aromatic heterocycles. The van der Waals surface area contributed by atoms with Gasteiger partial charge < -0.3 is 14.7 Å². The van der Waals surface area contributed by atoms with Crippen molar-refractivity contribution in [1.82, 2.24) is 9.80 Å². The molecule has 2 saturated heterocycles. The fourth-order valence-electron chi connectivity index (χ4n) is 4.41. The molecule has 1 amide bonds. The highest BCUT2D eigenvalue weighted by molar-refractivity contribution is 6.35. The van der Waals surface area contributed by atoms with E-state index >= 15 is 0 Å². The summed E-state index contributed by atoms with van der Waals surface area (Å²) in [4.78, 5) is 16.9. The Hall–Kier alpha value is -1.93. The number of piperidine rings is 1. The second kappa shape index (κ2) is 8.90. The quantitative estimate of drug-likeness (QED) is 0.719. The Balaban J connectivity index is 1.45. The van der Waals surface area contributed by atoms with Crippen LogP contribution in [0.5, 0.6) is 5.75 Å². The summed E-state index contributed by atoms with van der Waals surface area (Å²) < 4.78 is 29.5. The second-order valence-electron chi connectivity index (χ2n) is 7.95. The molecule has 2 fully saturated rings. The second-order valence-corrected chi connectivity index (χ2v) is 8.76. The van der Waals surface area contributed by atoms with Crippen molar-refractivity contribution in [3.8, 4) is 5.75 Å². The average Bonchev–Trinajstić information content (AvgIpc) is 2.74. The Labute approximate surface area is 189 Å². The monoisotopic (exact) mass is 470 g/mol. The number of benzene rings is 2.